The number of hydrogen-bond acceptors (Lipinski definition) is 8. The molecule has 0 N–H and O–H groups in total. The molecule has 0 atom stereocenters. The van der Waals surface area contributed by atoms with Crippen LogP contribution in [0, 0.1) is 0 Å². The van der Waals surface area contributed by atoms with Crippen molar-refractivity contribution in [2.75, 3.05) is 19.7 Å². The lowest BCUT2D eigenvalue weighted by Crippen LogP contribution is -2.50. The molecule has 0 aliphatic carbocycles. The van der Waals surface area contributed by atoms with E-state index in [1.807, 2.05) is 32.0 Å². The second kappa shape index (κ2) is 7.08. The van der Waals surface area contributed by atoms with E-state index in [0.717, 1.165) is 17.7 Å². The van der Waals surface area contributed by atoms with Crippen molar-refractivity contribution in [3.05, 3.63) is 48.1 Å². The van der Waals surface area contributed by atoms with Crippen LogP contribution in [-0.4, -0.2) is 56.2 Å². The van der Waals surface area contributed by atoms with Crippen LogP contribution in [0.2, 0.25) is 0 Å². The molecule has 154 valence electrons. The smallest absolute Gasteiger partial charge is 0.260 e. The molecule has 0 saturated carbocycles. The van der Waals surface area contributed by atoms with Crippen LogP contribution in [0.5, 0.6) is 11.5 Å². The average molecular weight is 407 g/mol. The number of ether oxygens (including phenoxy) is 2. The fraction of sp³-hybridized carbons (Fsp3) is 0.381. The minimum atomic E-state index is -0.260. The minimum Gasteiger partial charge on any atom is -0.483 e. The lowest BCUT2D eigenvalue weighted by atomic mass is 10.0. The third kappa shape index (κ3) is 3.47. The van der Waals surface area contributed by atoms with Gasteiger partial charge in [-0.05, 0) is 26.0 Å². The van der Waals surface area contributed by atoms with E-state index in [2.05, 4.69) is 20.1 Å². The maximum absolute atomic E-state index is 12.5. The summed E-state index contributed by atoms with van der Waals surface area (Å²) < 4.78 is 17.1. The first-order valence-corrected chi connectivity index (χ1v) is 9.81. The van der Waals surface area contributed by atoms with Crippen LogP contribution in [0.15, 0.2) is 41.2 Å². The van der Waals surface area contributed by atoms with Crippen molar-refractivity contribution in [2.24, 2.45) is 0 Å². The minimum absolute atomic E-state index is 0.00372. The van der Waals surface area contributed by atoms with Crippen molar-refractivity contribution in [1.29, 1.82) is 0 Å². The SMILES string of the molecule is CC1(C)Cc2cccc(OCC(=O)N3CC(c4nc(-c5ncccn5)no4)C3)c2O1. The predicted octanol–water partition coefficient (Wildman–Crippen LogP) is 2.24. The first kappa shape index (κ1) is 18.5. The zero-order valence-electron chi connectivity index (χ0n) is 16.7. The predicted molar refractivity (Wildman–Crippen MR) is 105 cm³/mol. The molecule has 2 aliphatic rings. The number of para-hydroxylation sites is 1. The van der Waals surface area contributed by atoms with Crippen molar-refractivity contribution >= 4 is 5.91 Å². The Morgan fingerprint density at radius 3 is 2.80 bits per heavy atom. The molecule has 2 aliphatic heterocycles. The highest BCUT2D eigenvalue weighted by atomic mass is 16.5. The number of benzene rings is 1. The Kier molecular flexibility index (Phi) is 4.38. The van der Waals surface area contributed by atoms with E-state index in [1.165, 1.54) is 0 Å². The van der Waals surface area contributed by atoms with Crippen molar-refractivity contribution < 1.29 is 18.8 Å². The van der Waals surface area contributed by atoms with Gasteiger partial charge in [-0.3, -0.25) is 4.79 Å². The number of rotatable bonds is 5. The summed E-state index contributed by atoms with van der Waals surface area (Å²) >= 11 is 0. The lowest BCUT2D eigenvalue weighted by Gasteiger charge is -2.36. The number of fused-ring (bicyclic) bond motifs is 1. The van der Waals surface area contributed by atoms with Gasteiger partial charge in [0.05, 0.1) is 5.92 Å². The topological polar surface area (TPSA) is 103 Å². The molecule has 1 fully saturated rings. The Labute approximate surface area is 173 Å². The molecule has 0 radical (unpaired) electrons. The molecule has 3 aromatic rings. The highest BCUT2D eigenvalue weighted by molar-refractivity contribution is 5.79. The third-order valence-electron chi connectivity index (χ3n) is 5.20. The molecule has 2 aromatic heterocycles. The second-order valence-corrected chi connectivity index (χ2v) is 8.10. The van der Waals surface area contributed by atoms with Gasteiger partial charge in [-0.2, -0.15) is 4.98 Å². The highest BCUT2D eigenvalue weighted by Gasteiger charge is 2.36. The molecule has 4 heterocycles. The molecule has 30 heavy (non-hydrogen) atoms. The summed E-state index contributed by atoms with van der Waals surface area (Å²) in [4.78, 5) is 26.8. The third-order valence-corrected chi connectivity index (χ3v) is 5.20. The first-order chi connectivity index (χ1) is 14.5. The molecule has 9 heteroatoms. The largest absolute Gasteiger partial charge is 0.483 e. The summed E-state index contributed by atoms with van der Waals surface area (Å²) in [6.07, 6.45) is 4.06. The Morgan fingerprint density at radius 1 is 1.20 bits per heavy atom. The number of aromatic nitrogens is 4. The maximum atomic E-state index is 12.5. The Morgan fingerprint density at radius 2 is 2.00 bits per heavy atom. The van der Waals surface area contributed by atoms with Crippen LogP contribution in [-0.2, 0) is 11.2 Å². The molecule has 1 amide bonds. The molecule has 9 nitrogen and oxygen atoms in total. The summed E-state index contributed by atoms with van der Waals surface area (Å²) in [6, 6.07) is 7.50. The molecule has 1 aromatic carbocycles. The molecular formula is C21H21N5O4. The van der Waals surface area contributed by atoms with E-state index < -0.39 is 0 Å². The maximum Gasteiger partial charge on any atom is 0.260 e. The molecule has 1 saturated heterocycles. The molecule has 0 spiro atoms. The summed E-state index contributed by atoms with van der Waals surface area (Å²) in [5.74, 6) is 2.50. The van der Waals surface area contributed by atoms with Crippen LogP contribution >= 0.6 is 0 Å². The van der Waals surface area contributed by atoms with Gasteiger partial charge >= 0.3 is 0 Å². The van der Waals surface area contributed by atoms with E-state index in [4.69, 9.17) is 14.0 Å². The fourth-order valence-corrected chi connectivity index (χ4v) is 3.68. The normalized spacial score (nSPS) is 17.2. The number of nitrogens with zero attached hydrogens (tertiary/aromatic N) is 5. The van der Waals surface area contributed by atoms with E-state index in [0.29, 0.717) is 36.4 Å². The Bertz CT molecular complexity index is 1080. The summed E-state index contributed by atoms with van der Waals surface area (Å²) in [6.45, 7) is 5.05. The van der Waals surface area contributed by atoms with Gasteiger partial charge in [-0.1, -0.05) is 17.3 Å². The van der Waals surface area contributed by atoms with Crippen molar-refractivity contribution in [3.63, 3.8) is 0 Å². The van der Waals surface area contributed by atoms with E-state index in [-0.39, 0.29) is 24.0 Å². The van der Waals surface area contributed by atoms with Crippen molar-refractivity contribution in [1.82, 2.24) is 25.0 Å². The number of likely N-dealkylation sites (tertiary alicyclic amines) is 1. The monoisotopic (exact) mass is 407 g/mol. The zero-order chi connectivity index (χ0) is 20.7. The summed E-state index contributed by atoms with van der Waals surface area (Å²) in [5, 5.41) is 3.93. The van der Waals surface area contributed by atoms with E-state index in [1.54, 1.807) is 23.4 Å². The van der Waals surface area contributed by atoms with E-state index >= 15 is 0 Å². The number of carbonyl (C=O) groups excluding carboxylic acids is 1. The first-order valence-electron chi connectivity index (χ1n) is 9.81. The molecule has 0 bridgehead atoms. The van der Waals surface area contributed by atoms with Gasteiger partial charge in [0, 0.05) is 37.5 Å². The molecule has 0 unspecified atom stereocenters. The van der Waals surface area contributed by atoms with Crippen LogP contribution in [0.25, 0.3) is 11.6 Å². The summed E-state index contributed by atoms with van der Waals surface area (Å²) in [7, 11) is 0. The van der Waals surface area contributed by atoms with E-state index in [9.17, 15) is 4.79 Å². The molecular weight excluding hydrogens is 386 g/mol. The fourth-order valence-electron chi connectivity index (χ4n) is 3.68. The van der Waals surface area contributed by atoms with Gasteiger partial charge < -0.3 is 18.9 Å². The average Bonchev–Trinajstić information content (AvgIpc) is 3.29. The van der Waals surface area contributed by atoms with Gasteiger partial charge in [0.15, 0.2) is 18.1 Å². The van der Waals surface area contributed by atoms with Crippen molar-refractivity contribution in [3.8, 4) is 23.1 Å². The van der Waals surface area contributed by atoms with Gasteiger partial charge in [-0.15, -0.1) is 0 Å². The standard InChI is InChI=1S/C21H21N5O4/c1-21(2)9-13-5-3-6-15(17(13)29-21)28-12-16(27)26-10-14(11-26)20-24-19(25-30-20)18-22-7-4-8-23-18/h3-8,14H,9-12H2,1-2H3. The van der Waals surface area contributed by atoms with Gasteiger partial charge in [0.25, 0.3) is 5.91 Å². The van der Waals surface area contributed by atoms with Gasteiger partial charge in [0.1, 0.15) is 5.60 Å². The van der Waals surface area contributed by atoms with Crippen LogP contribution in [0.4, 0.5) is 0 Å². The zero-order valence-corrected chi connectivity index (χ0v) is 16.7. The van der Waals surface area contributed by atoms with Crippen LogP contribution in [0.3, 0.4) is 0 Å². The Balaban J connectivity index is 1.16. The van der Waals surface area contributed by atoms with Crippen LogP contribution in [0.1, 0.15) is 31.2 Å². The highest BCUT2D eigenvalue weighted by Crippen LogP contribution is 2.41. The molecule has 5 rings (SSSR count). The Hall–Kier alpha value is -3.49. The number of amides is 1. The quantitative estimate of drug-likeness (QED) is 0.634. The number of carbonyl (C=O) groups is 1. The lowest BCUT2D eigenvalue weighted by molar-refractivity contribution is -0.138. The van der Waals surface area contributed by atoms with Crippen molar-refractivity contribution in [2.45, 2.75) is 31.8 Å². The van der Waals surface area contributed by atoms with Gasteiger partial charge in [0.2, 0.25) is 17.5 Å². The second-order valence-electron chi connectivity index (χ2n) is 8.10. The van der Waals surface area contributed by atoms with Gasteiger partial charge in [-0.25, -0.2) is 9.97 Å². The summed E-state index contributed by atoms with van der Waals surface area (Å²) in [5.41, 5.74) is 0.841. The van der Waals surface area contributed by atoms with Crippen LogP contribution < -0.4 is 9.47 Å². The number of hydrogen-bond donors (Lipinski definition) is 0.